The average molecular weight is 309 g/mol. The van der Waals surface area contributed by atoms with Gasteiger partial charge in [-0.15, -0.1) is 11.3 Å². The summed E-state index contributed by atoms with van der Waals surface area (Å²) in [6.45, 7) is 15.3. The predicted molar refractivity (Wildman–Crippen MR) is 94.2 cm³/mol. The summed E-state index contributed by atoms with van der Waals surface area (Å²) in [7, 11) is 0. The first-order chi connectivity index (χ1) is 9.92. The van der Waals surface area contributed by atoms with E-state index in [2.05, 4.69) is 62.3 Å². The lowest BCUT2D eigenvalue weighted by molar-refractivity contribution is 0.0977. The Morgan fingerprint density at radius 3 is 2.76 bits per heavy atom. The van der Waals surface area contributed by atoms with E-state index in [0.717, 1.165) is 12.5 Å². The van der Waals surface area contributed by atoms with E-state index < -0.39 is 0 Å². The lowest BCUT2D eigenvalue weighted by Gasteiger charge is -2.44. The summed E-state index contributed by atoms with van der Waals surface area (Å²) in [5, 5.41) is 5.96. The van der Waals surface area contributed by atoms with Gasteiger partial charge in [0.25, 0.3) is 0 Å². The van der Waals surface area contributed by atoms with Crippen LogP contribution in [0, 0.1) is 5.92 Å². The minimum Gasteiger partial charge on any atom is -0.311 e. The van der Waals surface area contributed by atoms with Gasteiger partial charge in [0.15, 0.2) is 0 Å². The van der Waals surface area contributed by atoms with E-state index in [0.29, 0.717) is 12.1 Å². The Morgan fingerprint density at radius 1 is 1.43 bits per heavy atom. The molecule has 1 fully saturated rings. The van der Waals surface area contributed by atoms with E-state index in [1.54, 1.807) is 0 Å². The first-order valence-corrected chi connectivity index (χ1v) is 9.31. The van der Waals surface area contributed by atoms with Crippen molar-refractivity contribution in [1.82, 2.24) is 10.2 Å². The number of piperazine rings is 1. The van der Waals surface area contributed by atoms with E-state index in [9.17, 15) is 0 Å². The second kappa shape index (κ2) is 7.26. The molecule has 2 unspecified atom stereocenters. The van der Waals surface area contributed by atoms with Crippen LogP contribution in [0.15, 0.2) is 17.5 Å². The minimum absolute atomic E-state index is 0.251. The molecular weight excluding hydrogens is 276 g/mol. The van der Waals surface area contributed by atoms with Gasteiger partial charge in [-0.1, -0.05) is 40.7 Å². The summed E-state index contributed by atoms with van der Waals surface area (Å²) >= 11 is 1.90. The van der Waals surface area contributed by atoms with Gasteiger partial charge in [0.05, 0.1) is 0 Å². The number of hydrogen-bond acceptors (Lipinski definition) is 3. The van der Waals surface area contributed by atoms with Gasteiger partial charge in [-0.25, -0.2) is 0 Å². The highest BCUT2D eigenvalue weighted by Crippen LogP contribution is 2.30. The average Bonchev–Trinajstić information content (AvgIpc) is 2.92. The highest BCUT2D eigenvalue weighted by molar-refractivity contribution is 7.10. The summed E-state index contributed by atoms with van der Waals surface area (Å²) in [5.41, 5.74) is 0.251. The van der Waals surface area contributed by atoms with Gasteiger partial charge in [-0.2, -0.15) is 0 Å². The van der Waals surface area contributed by atoms with Gasteiger partial charge in [0.1, 0.15) is 0 Å². The van der Waals surface area contributed by atoms with Crippen LogP contribution in [-0.2, 0) is 5.41 Å². The van der Waals surface area contributed by atoms with Crippen LogP contribution in [0.3, 0.4) is 0 Å². The molecule has 1 saturated heterocycles. The molecule has 1 aliphatic heterocycles. The van der Waals surface area contributed by atoms with Crippen molar-refractivity contribution >= 4 is 11.3 Å². The first-order valence-electron chi connectivity index (χ1n) is 8.43. The van der Waals surface area contributed by atoms with Crippen molar-refractivity contribution in [2.45, 2.75) is 65.0 Å². The van der Waals surface area contributed by atoms with Gasteiger partial charge >= 0.3 is 0 Å². The van der Waals surface area contributed by atoms with Crippen LogP contribution in [0.4, 0.5) is 0 Å². The molecule has 2 nitrogen and oxygen atoms in total. The smallest absolute Gasteiger partial charge is 0.0219 e. The van der Waals surface area contributed by atoms with Crippen LogP contribution >= 0.6 is 11.3 Å². The van der Waals surface area contributed by atoms with Crippen molar-refractivity contribution in [3.8, 4) is 0 Å². The molecule has 0 amide bonds. The highest BCUT2D eigenvalue weighted by atomic mass is 32.1. The Balaban J connectivity index is 2.03. The molecule has 0 radical (unpaired) electrons. The fourth-order valence-corrected chi connectivity index (χ4v) is 4.35. The molecule has 0 aliphatic carbocycles. The largest absolute Gasteiger partial charge is 0.311 e. The molecule has 0 bridgehead atoms. The van der Waals surface area contributed by atoms with Crippen LogP contribution < -0.4 is 5.32 Å². The summed E-state index contributed by atoms with van der Waals surface area (Å²) in [6, 6.07) is 5.82. The molecule has 3 heteroatoms. The molecule has 0 aromatic carbocycles. The monoisotopic (exact) mass is 308 g/mol. The van der Waals surface area contributed by atoms with E-state index >= 15 is 0 Å². The molecule has 21 heavy (non-hydrogen) atoms. The molecular formula is C18H32N2S. The van der Waals surface area contributed by atoms with Crippen molar-refractivity contribution in [2.75, 3.05) is 19.6 Å². The highest BCUT2D eigenvalue weighted by Gasteiger charge is 2.32. The zero-order chi connectivity index (χ0) is 15.5. The summed E-state index contributed by atoms with van der Waals surface area (Å²) in [6.07, 6.45) is 2.52. The van der Waals surface area contributed by atoms with Crippen molar-refractivity contribution in [2.24, 2.45) is 5.92 Å². The maximum absolute atomic E-state index is 3.76. The lowest BCUT2D eigenvalue weighted by Crippen LogP contribution is -2.58. The van der Waals surface area contributed by atoms with Crippen molar-refractivity contribution in [3.63, 3.8) is 0 Å². The molecule has 120 valence electrons. The molecule has 2 rings (SSSR count). The second-order valence-corrected chi connectivity index (χ2v) is 8.54. The Hall–Kier alpha value is -0.380. The fourth-order valence-electron chi connectivity index (χ4n) is 3.50. The fraction of sp³-hybridized carbons (Fsp3) is 0.778. The maximum atomic E-state index is 3.76. The number of nitrogens with zero attached hydrogens (tertiary/aromatic N) is 1. The third-order valence-corrected chi connectivity index (χ3v) is 5.86. The Kier molecular flexibility index (Phi) is 5.87. The lowest BCUT2D eigenvalue weighted by atomic mass is 9.88. The van der Waals surface area contributed by atoms with Crippen molar-refractivity contribution in [1.29, 1.82) is 0 Å². The Labute approximate surface area is 134 Å². The van der Waals surface area contributed by atoms with Crippen molar-refractivity contribution in [3.05, 3.63) is 22.4 Å². The predicted octanol–water partition coefficient (Wildman–Crippen LogP) is 4.12. The zero-order valence-corrected chi connectivity index (χ0v) is 15.2. The van der Waals surface area contributed by atoms with Crippen LogP contribution in [0.25, 0.3) is 0 Å². The van der Waals surface area contributed by atoms with E-state index in [1.807, 2.05) is 11.3 Å². The molecule has 1 aromatic heterocycles. The quantitative estimate of drug-likeness (QED) is 0.850. The SMILES string of the molecule is CCC1CNC(CC(C)C)CN1CC(C)(C)c1cccs1. The molecule has 0 saturated carbocycles. The number of nitrogens with one attached hydrogen (secondary N) is 1. The molecule has 1 aromatic rings. The summed E-state index contributed by atoms with van der Waals surface area (Å²) < 4.78 is 0. The third kappa shape index (κ3) is 4.54. The van der Waals surface area contributed by atoms with Gasteiger partial charge in [-0.05, 0) is 30.2 Å². The molecule has 2 atom stereocenters. The number of rotatable bonds is 6. The van der Waals surface area contributed by atoms with E-state index in [-0.39, 0.29) is 5.41 Å². The minimum atomic E-state index is 0.251. The second-order valence-electron chi connectivity index (χ2n) is 7.59. The normalized spacial score (nSPS) is 24.7. The van der Waals surface area contributed by atoms with Crippen LogP contribution in [0.5, 0.6) is 0 Å². The zero-order valence-electron chi connectivity index (χ0n) is 14.4. The Morgan fingerprint density at radius 2 is 2.19 bits per heavy atom. The summed E-state index contributed by atoms with van der Waals surface area (Å²) in [5.74, 6) is 0.771. The topological polar surface area (TPSA) is 15.3 Å². The standard InChI is InChI=1S/C18H32N2S/c1-6-16-11-19-15(10-14(2)3)12-20(16)13-18(4,5)17-8-7-9-21-17/h7-9,14-16,19H,6,10-13H2,1-5H3. The Bertz CT molecular complexity index is 411. The first kappa shape index (κ1) is 17.0. The molecule has 1 aliphatic rings. The van der Waals surface area contributed by atoms with Crippen molar-refractivity contribution < 1.29 is 0 Å². The third-order valence-electron chi connectivity index (χ3n) is 4.63. The van der Waals surface area contributed by atoms with Gasteiger partial charge < -0.3 is 5.32 Å². The molecule has 1 N–H and O–H groups in total. The molecule has 2 heterocycles. The van der Waals surface area contributed by atoms with E-state index in [1.165, 1.54) is 30.8 Å². The van der Waals surface area contributed by atoms with Crippen LogP contribution in [0.2, 0.25) is 0 Å². The maximum Gasteiger partial charge on any atom is 0.0219 e. The van der Waals surface area contributed by atoms with E-state index in [4.69, 9.17) is 0 Å². The molecule has 0 spiro atoms. The van der Waals surface area contributed by atoms with Crippen LogP contribution in [-0.4, -0.2) is 36.6 Å². The van der Waals surface area contributed by atoms with Gasteiger partial charge in [-0.3, -0.25) is 4.90 Å². The van der Waals surface area contributed by atoms with Gasteiger partial charge in [0.2, 0.25) is 0 Å². The van der Waals surface area contributed by atoms with Gasteiger partial charge in [0, 0.05) is 42.0 Å². The van der Waals surface area contributed by atoms with Crippen LogP contribution in [0.1, 0.15) is 52.3 Å². The summed E-state index contributed by atoms with van der Waals surface area (Å²) in [4.78, 5) is 4.25. The number of thiophene rings is 1. The number of hydrogen-bond donors (Lipinski definition) is 1.